The first kappa shape index (κ1) is 16.1. The van der Waals surface area contributed by atoms with Gasteiger partial charge in [0.15, 0.2) is 11.5 Å². The van der Waals surface area contributed by atoms with Gasteiger partial charge in [-0.25, -0.2) is 0 Å². The van der Waals surface area contributed by atoms with E-state index in [-0.39, 0.29) is 0 Å². The summed E-state index contributed by atoms with van der Waals surface area (Å²) in [6.45, 7) is 2.41. The Labute approximate surface area is 119 Å². The van der Waals surface area contributed by atoms with E-state index in [1.807, 2.05) is 18.2 Å². The fourth-order valence-electron chi connectivity index (χ4n) is 1.53. The second-order valence-corrected chi connectivity index (χ2v) is 4.19. The molecule has 0 atom stereocenters. The predicted octanol–water partition coefficient (Wildman–Crippen LogP) is 2.87. The van der Waals surface area contributed by atoms with Gasteiger partial charge in [-0.3, -0.25) is 0 Å². The van der Waals surface area contributed by atoms with E-state index < -0.39 is 0 Å². The molecule has 0 fully saturated rings. The topological polar surface area (TPSA) is 36.9 Å². The summed E-state index contributed by atoms with van der Waals surface area (Å²) in [5.41, 5.74) is 0.999. The molecule has 0 spiro atoms. The number of alkyl halides is 1. The lowest BCUT2D eigenvalue weighted by atomic mass is 10.2. The highest BCUT2D eigenvalue weighted by Crippen LogP contribution is 2.28. The van der Waals surface area contributed by atoms with Gasteiger partial charge in [-0.05, 0) is 24.1 Å². The van der Waals surface area contributed by atoms with Crippen molar-refractivity contribution in [2.75, 3.05) is 40.6 Å². The van der Waals surface area contributed by atoms with Crippen molar-refractivity contribution in [1.29, 1.82) is 0 Å². The van der Waals surface area contributed by atoms with Gasteiger partial charge in [0, 0.05) is 26.2 Å². The Kier molecular flexibility index (Phi) is 8.38. The van der Waals surface area contributed by atoms with Crippen LogP contribution in [-0.2, 0) is 15.4 Å². The summed E-state index contributed by atoms with van der Waals surface area (Å²) < 4.78 is 21.2. The zero-order valence-electron chi connectivity index (χ0n) is 11.5. The molecule has 5 heteroatoms. The molecule has 1 aromatic carbocycles. The van der Waals surface area contributed by atoms with E-state index in [4.69, 9.17) is 30.5 Å². The van der Waals surface area contributed by atoms with Crippen LogP contribution in [0.4, 0.5) is 0 Å². The summed E-state index contributed by atoms with van der Waals surface area (Å²) >= 11 is 5.79. The fourth-order valence-corrected chi connectivity index (χ4v) is 1.70. The molecule has 1 rings (SSSR count). The Morgan fingerprint density at radius 1 is 1.00 bits per heavy atom. The Morgan fingerprint density at radius 2 is 1.84 bits per heavy atom. The van der Waals surface area contributed by atoms with Gasteiger partial charge >= 0.3 is 0 Å². The van der Waals surface area contributed by atoms with Crippen LogP contribution < -0.4 is 9.47 Å². The molecule has 0 aliphatic rings. The van der Waals surface area contributed by atoms with Crippen molar-refractivity contribution in [3.63, 3.8) is 0 Å². The van der Waals surface area contributed by atoms with Crippen LogP contribution in [0.25, 0.3) is 0 Å². The summed E-state index contributed by atoms with van der Waals surface area (Å²) in [7, 11) is 3.29. The molecule has 0 radical (unpaired) electrons. The smallest absolute Gasteiger partial charge is 0.161 e. The number of ether oxygens (including phenoxy) is 4. The van der Waals surface area contributed by atoms with Crippen LogP contribution in [-0.4, -0.2) is 40.6 Å². The van der Waals surface area contributed by atoms with Crippen molar-refractivity contribution in [2.24, 2.45) is 0 Å². The molecule has 0 saturated heterocycles. The summed E-state index contributed by atoms with van der Waals surface area (Å²) in [6, 6.07) is 5.66. The van der Waals surface area contributed by atoms with Crippen LogP contribution in [0.1, 0.15) is 12.0 Å². The van der Waals surface area contributed by atoms with Crippen LogP contribution in [0, 0.1) is 0 Å². The molecule has 4 nitrogen and oxygen atoms in total. The minimum Gasteiger partial charge on any atom is -0.493 e. The molecule has 19 heavy (non-hydrogen) atoms. The van der Waals surface area contributed by atoms with Crippen LogP contribution in [0.15, 0.2) is 18.2 Å². The first-order valence-electron chi connectivity index (χ1n) is 6.24. The van der Waals surface area contributed by atoms with Crippen LogP contribution in [0.5, 0.6) is 11.5 Å². The van der Waals surface area contributed by atoms with Crippen molar-refractivity contribution >= 4 is 11.6 Å². The summed E-state index contributed by atoms with van der Waals surface area (Å²) in [6.07, 6.45) is 0.890. The van der Waals surface area contributed by atoms with Crippen molar-refractivity contribution in [1.82, 2.24) is 0 Å². The second kappa shape index (κ2) is 9.89. The highest BCUT2D eigenvalue weighted by Gasteiger charge is 2.05. The second-order valence-electron chi connectivity index (χ2n) is 3.93. The molecule has 108 valence electrons. The van der Waals surface area contributed by atoms with E-state index in [0.717, 1.165) is 12.0 Å². The highest BCUT2D eigenvalue weighted by molar-refractivity contribution is 6.17. The number of hydrogen-bond acceptors (Lipinski definition) is 4. The average Bonchev–Trinajstić information content (AvgIpc) is 2.46. The third kappa shape index (κ3) is 6.14. The van der Waals surface area contributed by atoms with E-state index in [9.17, 15) is 0 Å². The largest absolute Gasteiger partial charge is 0.493 e. The maximum atomic E-state index is 5.79. The monoisotopic (exact) mass is 288 g/mol. The molecule has 0 heterocycles. The normalized spacial score (nSPS) is 10.5. The molecule has 0 aromatic heterocycles. The molecule has 0 aliphatic carbocycles. The number of hydrogen-bond donors (Lipinski definition) is 0. The van der Waals surface area contributed by atoms with Crippen LogP contribution in [0.2, 0.25) is 0 Å². The summed E-state index contributed by atoms with van der Waals surface area (Å²) in [5, 5.41) is 0. The maximum Gasteiger partial charge on any atom is 0.161 e. The lowest BCUT2D eigenvalue weighted by Gasteiger charge is -2.12. The SMILES string of the molecule is COCCCOCCOc1cc(CCl)ccc1OC. The van der Waals surface area contributed by atoms with Gasteiger partial charge in [0.05, 0.1) is 13.7 Å². The fraction of sp³-hybridized carbons (Fsp3) is 0.571. The number of benzene rings is 1. The van der Waals surface area contributed by atoms with Crippen molar-refractivity contribution < 1.29 is 18.9 Å². The van der Waals surface area contributed by atoms with Gasteiger partial charge in [-0.1, -0.05) is 6.07 Å². The quantitative estimate of drug-likeness (QED) is 0.490. The van der Waals surface area contributed by atoms with Crippen molar-refractivity contribution in [2.45, 2.75) is 12.3 Å². The summed E-state index contributed by atoms with van der Waals surface area (Å²) in [5.74, 6) is 1.85. The zero-order chi connectivity index (χ0) is 13.9. The summed E-state index contributed by atoms with van der Waals surface area (Å²) in [4.78, 5) is 0. The van der Waals surface area contributed by atoms with Crippen molar-refractivity contribution in [3.8, 4) is 11.5 Å². The van der Waals surface area contributed by atoms with Gasteiger partial charge in [0.25, 0.3) is 0 Å². The maximum absolute atomic E-state index is 5.79. The Bertz CT molecular complexity index is 357. The average molecular weight is 289 g/mol. The zero-order valence-corrected chi connectivity index (χ0v) is 12.2. The Morgan fingerprint density at radius 3 is 2.53 bits per heavy atom. The Hall–Kier alpha value is -0.970. The van der Waals surface area contributed by atoms with E-state index in [1.165, 1.54) is 0 Å². The van der Waals surface area contributed by atoms with Crippen molar-refractivity contribution in [3.05, 3.63) is 23.8 Å². The molecule has 1 aromatic rings. The lowest BCUT2D eigenvalue weighted by Crippen LogP contribution is -2.09. The highest BCUT2D eigenvalue weighted by atomic mass is 35.5. The van der Waals surface area contributed by atoms with E-state index >= 15 is 0 Å². The van der Waals surface area contributed by atoms with Gasteiger partial charge in [0.1, 0.15) is 6.61 Å². The predicted molar refractivity (Wildman–Crippen MR) is 75.4 cm³/mol. The minimum absolute atomic E-state index is 0.452. The van der Waals surface area contributed by atoms with Gasteiger partial charge in [0.2, 0.25) is 0 Å². The number of rotatable bonds is 10. The van der Waals surface area contributed by atoms with Crippen LogP contribution in [0.3, 0.4) is 0 Å². The van der Waals surface area contributed by atoms with E-state index in [1.54, 1.807) is 14.2 Å². The van der Waals surface area contributed by atoms with Gasteiger partial charge < -0.3 is 18.9 Å². The molecule has 0 amide bonds. The molecular formula is C14H21ClO4. The Balaban J connectivity index is 2.31. The minimum atomic E-state index is 0.452. The van der Waals surface area contributed by atoms with E-state index in [2.05, 4.69) is 0 Å². The third-order valence-corrected chi connectivity index (χ3v) is 2.81. The number of halogens is 1. The first-order chi connectivity index (χ1) is 9.31. The number of methoxy groups -OCH3 is 2. The van der Waals surface area contributed by atoms with Gasteiger partial charge in [-0.15, -0.1) is 11.6 Å². The lowest BCUT2D eigenvalue weighted by molar-refractivity contribution is 0.0799. The standard InChI is InChI=1S/C14H21ClO4/c1-16-6-3-7-18-8-9-19-14-10-12(11-15)4-5-13(14)17-2/h4-5,10H,3,6-9,11H2,1-2H3. The first-order valence-corrected chi connectivity index (χ1v) is 6.77. The molecule has 0 bridgehead atoms. The molecule has 0 unspecified atom stereocenters. The molecular weight excluding hydrogens is 268 g/mol. The van der Waals surface area contributed by atoms with Crippen LogP contribution >= 0.6 is 11.6 Å². The molecule has 0 saturated carbocycles. The van der Waals surface area contributed by atoms with E-state index in [0.29, 0.717) is 43.8 Å². The molecule has 0 N–H and O–H groups in total. The van der Waals surface area contributed by atoms with Gasteiger partial charge in [-0.2, -0.15) is 0 Å². The third-order valence-electron chi connectivity index (χ3n) is 2.50. The molecule has 0 aliphatic heterocycles.